The van der Waals surface area contributed by atoms with E-state index in [9.17, 15) is 29.2 Å². The maximum Gasteiger partial charge on any atom is 0.312 e. The van der Waals surface area contributed by atoms with Crippen molar-refractivity contribution in [3.8, 4) is 5.75 Å². The highest BCUT2D eigenvalue weighted by atomic mass is 79.9. The third kappa shape index (κ3) is 6.13. The van der Waals surface area contributed by atoms with E-state index in [2.05, 4.69) is 31.8 Å². The van der Waals surface area contributed by atoms with E-state index in [0.29, 0.717) is 10.2 Å². The number of hydrogen-bond acceptors (Lipinski definition) is 6. The predicted octanol–water partition coefficient (Wildman–Crippen LogP) is 3.07. The van der Waals surface area contributed by atoms with Crippen LogP contribution in [0.3, 0.4) is 0 Å². The molecule has 0 aliphatic rings. The van der Waals surface area contributed by atoms with Gasteiger partial charge in [-0.05, 0) is 30.3 Å². The van der Waals surface area contributed by atoms with Crippen molar-refractivity contribution in [2.24, 2.45) is 5.10 Å². The maximum atomic E-state index is 12.8. The molecule has 0 atom stereocenters. The molecule has 0 fully saturated rings. The van der Waals surface area contributed by atoms with Crippen molar-refractivity contribution in [1.29, 1.82) is 0 Å². The number of phenols is 1. The largest absolute Gasteiger partial charge is 0.502 e. The highest BCUT2D eigenvalue weighted by molar-refractivity contribution is 9.10. The van der Waals surface area contributed by atoms with E-state index in [1.165, 1.54) is 30.3 Å². The molecule has 2 rings (SSSR count). The second-order valence-electron chi connectivity index (χ2n) is 5.47. The summed E-state index contributed by atoms with van der Waals surface area (Å²) in [5.41, 5.74) is 2.07. The van der Waals surface area contributed by atoms with Gasteiger partial charge in [0.1, 0.15) is 5.82 Å². The molecule has 0 heterocycles. The summed E-state index contributed by atoms with van der Waals surface area (Å²) in [6.07, 6.45) is 0.741. The van der Waals surface area contributed by atoms with Crippen LogP contribution < -0.4 is 10.7 Å². The fourth-order valence-corrected chi connectivity index (χ4v) is 2.52. The van der Waals surface area contributed by atoms with E-state index in [4.69, 9.17) is 0 Å². The minimum absolute atomic E-state index is 0.0235. The van der Waals surface area contributed by atoms with Crippen LogP contribution in [0.1, 0.15) is 18.4 Å². The number of halogens is 2. The minimum atomic E-state index is -0.754. The zero-order chi connectivity index (χ0) is 20.7. The van der Waals surface area contributed by atoms with Crippen LogP contribution >= 0.6 is 15.9 Å². The molecule has 2 aromatic rings. The number of carbonyl (C=O) groups is 2. The molecule has 11 heteroatoms. The van der Waals surface area contributed by atoms with Crippen molar-refractivity contribution in [3.05, 3.63) is 62.4 Å². The summed E-state index contributed by atoms with van der Waals surface area (Å²) in [5, 5.41) is 26.8. The van der Waals surface area contributed by atoms with E-state index in [-0.39, 0.29) is 18.4 Å². The Hall–Kier alpha value is -3.34. The van der Waals surface area contributed by atoms with Crippen LogP contribution in [0.2, 0.25) is 0 Å². The summed E-state index contributed by atoms with van der Waals surface area (Å²) in [4.78, 5) is 33.6. The molecule has 0 aliphatic carbocycles. The zero-order valence-corrected chi connectivity index (χ0v) is 15.8. The standard InChI is InChI=1S/C17H14BrFN4O5/c18-11-7-10(17(26)14(8-11)23(27)28)9-20-22-16(25)6-5-15(24)21-13-3-1-12(19)2-4-13/h1-4,7-9,26H,5-6H2,(H,21,24)(H,22,25)/b20-9-. The molecule has 2 aromatic carbocycles. The third-order valence-corrected chi connectivity index (χ3v) is 3.84. The second-order valence-corrected chi connectivity index (χ2v) is 6.38. The van der Waals surface area contributed by atoms with Crippen molar-refractivity contribution in [2.75, 3.05) is 5.32 Å². The first kappa shape index (κ1) is 21.0. The van der Waals surface area contributed by atoms with E-state index in [1.807, 2.05) is 0 Å². The van der Waals surface area contributed by atoms with Gasteiger partial charge in [-0.2, -0.15) is 5.10 Å². The Morgan fingerprint density at radius 1 is 1.21 bits per heavy atom. The van der Waals surface area contributed by atoms with Gasteiger partial charge in [0, 0.05) is 34.6 Å². The average Bonchev–Trinajstić information content (AvgIpc) is 2.64. The van der Waals surface area contributed by atoms with Crippen LogP contribution in [0.4, 0.5) is 15.8 Å². The topological polar surface area (TPSA) is 134 Å². The van der Waals surface area contributed by atoms with Crippen molar-refractivity contribution in [3.63, 3.8) is 0 Å². The number of amides is 2. The number of anilines is 1. The van der Waals surface area contributed by atoms with Gasteiger partial charge in [0.15, 0.2) is 0 Å². The second kappa shape index (κ2) is 9.55. The molecule has 0 unspecified atom stereocenters. The molecule has 0 spiro atoms. The number of nitro benzene ring substituents is 1. The lowest BCUT2D eigenvalue weighted by atomic mass is 10.2. The van der Waals surface area contributed by atoms with Gasteiger partial charge in [-0.3, -0.25) is 19.7 Å². The van der Waals surface area contributed by atoms with Gasteiger partial charge in [-0.15, -0.1) is 0 Å². The number of benzene rings is 2. The van der Waals surface area contributed by atoms with Gasteiger partial charge < -0.3 is 10.4 Å². The molecule has 3 N–H and O–H groups in total. The number of nitro groups is 1. The number of aromatic hydroxyl groups is 1. The molecule has 0 bridgehead atoms. The molecular weight excluding hydrogens is 439 g/mol. The first-order valence-electron chi connectivity index (χ1n) is 7.80. The Bertz CT molecular complexity index is 934. The molecular formula is C17H14BrFN4O5. The maximum absolute atomic E-state index is 12.8. The van der Waals surface area contributed by atoms with Crippen LogP contribution in [-0.4, -0.2) is 28.1 Å². The third-order valence-electron chi connectivity index (χ3n) is 3.38. The van der Waals surface area contributed by atoms with E-state index >= 15 is 0 Å². The number of hydrogen-bond donors (Lipinski definition) is 3. The molecule has 2 amide bonds. The van der Waals surface area contributed by atoms with Gasteiger partial charge in [0.2, 0.25) is 17.6 Å². The predicted molar refractivity (Wildman–Crippen MR) is 102 cm³/mol. The van der Waals surface area contributed by atoms with Crippen molar-refractivity contribution in [1.82, 2.24) is 5.43 Å². The Morgan fingerprint density at radius 2 is 1.86 bits per heavy atom. The lowest BCUT2D eigenvalue weighted by Crippen LogP contribution is -2.20. The van der Waals surface area contributed by atoms with Crippen LogP contribution in [0.15, 0.2) is 46.0 Å². The van der Waals surface area contributed by atoms with E-state index in [1.54, 1.807) is 0 Å². The van der Waals surface area contributed by atoms with Gasteiger partial charge in [0.25, 0.3) is 0 Å². The zero-order valence-electron chi connectivity index (χ0n) is 14.2. The number of carbonyl (C=O) groups excluding carboxylic acids is 2. The number of phenolic OH excluding ortho intramolecular Hbond substituents is 1. The van der Waals surface area contributed by atoms with Gasteiger partial charge in [-0.25, -0.2) is 9.82 Å². The molecule has 0 saturated heterocycles. The molecule has 0 aromatic heterocycles. The molecule has 0 aliphatic heterocycles. The molecule has 146 valence electrons. The highest BCUT2D eigenvalue weighted by Crippen LogP contribution is 2.32. The summed E-state index contributed by atoms with van der Waals surface area (Å²) < 4.78 is 13.1. The Labute approximate surface area is 166 Å². The van der Waals surface area contributed by atoms with Crippen molar-refractivity contribution < 1.29 is 24.0 Å². The van der Waals surface area contributed by atoms with Crippen LogP contribution in [0.25, 0.3) is 0 Å². The fraction of sp³-hybridized carbons (Fsp3) is 0.118. The summed E-state index contributed by atoms with van der Waals surface area (Å²) in [6.45, 7) is 0. The van der Waals surface area contributed by atoms with Crippen LogP contribution in [0, 0.1) is 15.9 Å². The number of rotatable bonds is 7. The van der Waals surface area contributed by atoms with Crippen molar-refractivity contribution in [2.45, 2.75) is 12.8 Å². The molecule has 9 nitrogen and oxygen atoms in total. The Kier molecular flexibility index (Phi) is 7.15. The monoisotopic (exact) mass is 452 g/mol. The minimum Gasteiger partial charge on any atom is -0.502 e. The number of hydrazone groups is 1. The summed E-state index contributed by atoms with van der Waals surface area (Å²) >= 11 is 3.08. The van der Waals surface area contributed by atoms with Crippen molar-refractivity contribution >= 4 is 45.3 Å². The smallest absolute Gasteiger partial charge is 0.312 e. The Morgan fingerprint density at radius 3 is 2.50 bits per heavy atom. The molecule has 28 heavy (non-hydrogen) atoms. The quantitative estimate of drug-likeness (QED) is 0.337. The molecule has 0 radical (unpaired) electrons. The lowest BCUT2D eigenvalue weighted by Gasteiger charge is -2.05. The average molecular weight is 453 g/mol. The first-order valence-corrected chi connectivity index (χ1v) is 8.60. The van der Waals surface area contributed by atoms with E-state index in [0.717, 1.165) is 12.3 Å². The van der Waals surface area contributed by atoms with Gasteiger partial charge in [0.05, 0.1) is 11.1 Å². The van der Waals surface area contributed by atoms with Crippen LogP contribution in [0.5, 0.6) is 5.75 Å². The lowest BCUT2D eigenvalue weighted by molar-refractivity contribution is -0.385. The molecule has 0 saturated carbocycles. The number of nitrogens with zero attached hydrogens (tertiary/aromatic N) is 2. The summed E-state index contributed by atoms with van der Waals surface area (Å²) in [6, 6.07) is 7.68. The Balaban J connectivity index is 1.86. The SMILES string of the molecule is O=C(CCC(=O)Nc1ccc(F)cc1)N/N=C\c1cc(Br)cc([N+](=O)[O-])c1O. The van der Waals surface area contributed by atoms with E-state index < -0.39 is 34.0 Å². The first-order chi connectivity index (χ1) is 13.3. The highest BCUT2D eigenvalue weighted by Gasteiger charge is 2.17. The van der Waals surface area contributed by atoms with Crippen LogP contribution in [-0.2, 0) is 9.59 Å². The van der Waals surface area contributed by atoms with Gasteiger partial charge >= 0.3 is 5.69 Å². The number of nitrogens with one attached hydrogen (secondary N) is 2. The summed E-state index contributed by atoms with van der Waals surface area (Å²) in [7, 11) is 0. The van der Waals surface area contributed by atoms with Gasteiger partial charge in [-0.1, -0.05) is 15.9 Å². The normalized spacial score (nSPS) is 10.6. The fourth-order valence-electron chi connectivity index (χ4n) is 2.06. The summed E-state index contributed by atoms with van der Waals surface area (Å²) in [5.74, 6) is -2.04.